The molecule has 3 heteroatoms. The lowest BCUT2D eigenvalue weighted by Crippen LogP contribution is -2.00. The zero-order valence-electron chi connectivity index (χ0n) is 3.15. The maximum absolute atomic E-state index is 5.37. The van der Waals surface area contributed by atoms with Crippen LogP contribution in [0.5, 0.6) is 0 Å². The largest absolute Gasteiger partial charge is 0.346 e. The molecule has 0 amide bonds. The minimum absolute atomic E-state index is 0.218. The van der Waals surface area contributed by atoms with Gasteiger partial charge >= 0.3 is 0 Å². The molecular formula is C3H5ClNO. The van der Waals surface area contributed by atoms with Crippen molar-refractivity contribution in [2.24, 2.45) is 0 Å². The Morgan fingerprint density at radius 3 is 3.00 bits per heavy atom. The van der Waals surface area contributed by atoms with E-state index in [1.807, 2.05) is 0 Å². The summed E-state index contributed by atoms with van der Waals surface area (Å²) in [6, 6.07) is 0. The van der Waals surface area contributed by atoms with Gasteiger partial charge in [0.15, 0.2) is 0 Å². The van der Waals surface area contributed by atoms with Gasteiger partial charge in [0.1, 0.15) is 5.56 Å². The fourth-order valence-electron chi connectivity index (χ4n) is 0.317. The van der Waals surface area contributed by atoms with Gasteiger partial charge in [-0.25, -0.2) is 0 Å². The minimum Gasteiger partial charge on any atom is -0.346 e. The molecule has 0 aliphatic carbocycles. The van der Waals surface area contributed by atoms with Gasteiger partial charge in [-0.2, -0.15) is 0 Å². The monoisotopic (exact) mass is 106 g/mol. The van der Waals surface area contributed by atoms with Crippen LogP contribution < -0.4 is 5.32 Å². The van der Waals surface area contributed by atoms with E-state index in [2.05, 4.69) is 5.32 Å². The fraction of sp³-hybridized carbons (Fsp3) is 0.667. The van der Waals surface area contributed by atoms with Gasteiger partial charge in [-0.05, 0) is 0 Å². The van der Waals surface area contributed by atoms with Crippen molar-refractivity contribution < 1.29 is 4.74 Å². The van der Waals surface area contributed by atoms with Crippen LogP contribution >= 0.6 is 11.6 Å². The second kappa shape index (κ2) is 1.78. The summed E-state index contributed by atoms with van der Waals surface area (Å²) in [7, 11) is 0. The van der Waals surface area contributed by atoms with Crippen molar-refractivity contribution >= 4 is 11.6 Å². The molecule has 1 atom stereocenters. The number of alkyl halides is 1. The lowest BCUT2D eigenvalue weighted by molar-refractivity contribution is 0.171. The summed E-state index contributed by atoms with van der Waals surface area (Å²) in [5, 5.41) is 2.79. The molecule has 1 N–H and O–H groups in total. The first-order chi connectivity index (χ1) is 2.89. The maximum atomic E-state index is 5.37. The van der Waals surface area contributed by atoms with E-state index in [0.29, 0.717) is 6.73 Å². The van der Waals surface area contributed by atoms with E-state index in [4.69, 9.17) is 16.3 Å². The zero-order chi connectivity index (χ0) is 4.41. The molecule has 1 saturated heterocycles. The Kier molecular flexibility index (Phi) is 1.29. The standard InChI is InChI=1S/C3H5ClNO/c4-3-1-5-2-6-3/h1,3,5H,2H2. The summed E-state index contributed by atoms with van der Waals surface area (Å²) >= 11 is 5.37. The molecule has 1 radical (unpaired) electrons. The molecule has 1 aliphatic heterocycles. The summed E-state index contributed by atoms with van der Waals surface area (Å²) in [5.41, 5.74) is -0.218. The first-order valence-electron chi connectivity index (χ1n) is 1.72. The van der Waals surface area contributed by atoms with E-state index in [1.54, 1.807) is 6.54 Å². The topological polar surface area (TPSA) is 21.3 Å². The summed E-state index contributed by atoms with van der Waals surface area (Å²) in [6.07, 6.45) is 0. The molecule has 0 aromatic heterocycles. The highest BCUT2D eigenvalue weighted by Crippen LogP contribution is 2.03. The third-order valence-corrected chi connectivity index (χ3v) is 0.827. The van der Waals surface area contributed by atoms with Crippen molar-refractivity contribution in [1.82, 2.24) is 5.32 Å². The van der Waals surface area contributed by atoms with E-state index >= 15 is 0 Å². The van der Waals surface area contributed by atoms with Crippen LogP contribution in [0.15, 0.2) is 0 Å². The Morgan fingerprint density at radius 1 is 2.00 bits per heavy atom. The average Bonchev–Trinajstić information content (AvgIpc) is 1.86. The van der Waals surface area contributed by atoms with Crippen LogP contribution in [-0.2, 0) is 4.74 Å². The Balaban J connectivity index is 2.18. The van der Waals surface area contributed by atoms with Crippen LogP contribution in [0, 0.1) is 6.54 Å². The second-order valence-corrected chi connectivity index (χ2v) is 1.46. The third-order valence-electron chi connectivity index (χ3n) is 0.575. The van der Waals surface area contributed by atoms with Gasteiger partial charge in [-0.3, -0.25) is 5.32 Å². The molecule has 1 rings (SSSR count). The van der Waals surface area contributed by atoms with Gasteiger partial charge < -0.3 is 4.74 Å². The number of rotatable bonds is 0. The molecule has 0 saturated carbocycles. The highest BCUT2D eigenvalue weighted by Gasteiger charge is 2.09. The van der Waals surface area contributed by atoms with Crippen molar-refractivity contribution in [1.29, 1.82) is 0 Å². The van der Waals surface area contributed by atoms with Crippen LogP contribution in [0.3, 0.4) is 0 Å². The van der Waals surface area contributed by atoms with Crippen LogP contribution in [-0.4, -0.2) is 12.3 Å². The number of ether oxygens (including phenoxy) is 1. The molecule has 1 aliphatic rings. The second-order valence-electron chi connectivity index (χ2n) is 1.03. The number of hydrogen-bond donors (Lipinski definition) is 1. The molecule has 1 unspecified atom stereocenters. The lowest BCUT2D eigenvalue weighted by atomic mass is 10.7. The van der Waals surface area contributed by atoms with Crippen molar-refractivity contribution in [3.8, 4) is 0 Å². The molecule has 0 aromatic carbocycles. The molecule has 0 spiro atoms. The summed E-state index contributed by atoms with van der Waals surface area (Å²) < 4.78 is 4.75. The van der Waals surface area contributed by atoms with E-state index in [1.165, 1.54) is 0 Å². The predicted molar refractivity (Wildman–Crippen MR) is 23.0 cm³/mol. The zero-order valence-corrected chi connectivity index (χ0v) is 3.90. The quantitative estimate of drug-likeness (QED) is 0.448. The van der Waals surface area contributed by atoms with Crippen molar-refractivity contribution in [2.75, 3.05) is 6.73 Å². The fourth-order valence-corrected chi connectivity index (χ4v) is 0.469. The summed E-state index contributed by atoms with van der Waals surface area (Å²) in [6.45, 7) is 2.25. The molecule has 1 fully saturated rings. The Hall–Kier alpha value is 0.210. The smallest absolute Gasteiger partial charge is 0.149 e. The van der Waals surface area contributed by atoms with Gasteiger partial charge in [0.05, 0.1) is 13.3 Å². The van der Waals surface area contributed by atoms with E-state index in [9.17, 15) is 0 Å². The maximum Gasteiger partial charge on any atom is 0.149 e. The summed E-state index contributed by atoms with van der Waals surface area (Å²) in [5.74, 6) is 0. The van der Waals surface area contributed by atoms with Crippen molar-refractivity contribution in [3.63, 3.8) is 0 Å². The summed E-state index contributed by atoms with van der Waals surface area (Å²) in [4.78, 5) is 0. The number of nitrogens with one attached hydrogen (secondary N) is 1. The van der Waals surface area contributed by atoms with E-state index in [0.717, 1.165) is 0 Å². The average molecular weight is 107 g/mol. The highest BCUT2D eigenvalue weighted by molar-refractivity contribution is 6.20. The Morgan fingerprint density at radius 2 is 2.83 bits per heavy atom. The van der Waals surface area contributed by atoms with E-state index < -0.39 is 0 Å². The van der Waals surface area contributed by atoms with Crippen LogP contribution in [0.4, 0.5) is 0 Å². The van der Waals surface area contributed by atoms with Gasteiger partial charge in [-0.1, -0.05) is 11.6 Å². The van der Waals surface area contributed by atoms with Crippen LogP contribution in [0.25, 0.3) is 0 Å². The van der Waals surface area contributed by atoms with Crippen LogP contribution in [0.1, 0.15) is 0 Å². The predicted octanol–water partition coefficient (Wildman–Crippen LogP) is 0.290. The van der Waals surface area contributed by atoms with Gasteiger partial charge in [0, 0.05) is 0 Å². The molecule has 6 heavy (non-hydrogen) atoms. The molecule has 0 aromatic rings. The number of hydrogen-bond acceptors (Lipinski definition) is 2. The normalized spacial score (nSPS) is 34.5. The first kappa shape index (κ1) is 4.37. The first-order valence-corrected chi connectivity index (χ1v) is 2.15. The van der Waals surface area contributed by atoms with Gasteiger partial charge in [0.25, 0.3) is 0 Å². The van der Waals surface area contributed by atoms with Crippen LogP contribution in [0.2, 0.25) is 0 Å². The Labute approximate surface area is 41.4 Å². The molecule has 0 bridgehead atoms. The Bertz CT molecular complexity index is 44.1. The van der Waals surface area contributed by atoms with Gasteiger partial charge in [0.2, 0.25) is 0 Å². The lowest BCUT2D eigenvalue weighted by Gasteiger charge is -1.88. The van der Waals surface area contributed by atoms with E-state index in [-0.39, 0.29) is 5.56 Å². The molecule has 2 nitrogen and oxygen atoms in total. The minimum atomic E-state index is -0.218. The molecule has 35 valence electrons. The molecule has 1 heterocycles. The third kappa shape index (κ3) is 0.834. The molecular weight excluding hydrogens is 101 g/mol. The van der Waals surface area contributed by atoms with Gasteiger partial charge in [-0.15, -0.1) is 0 Å². The highest BCUT2D eigenvalue weighted by atomic mass is 35.5. The number of halogens is 1. The SMILES string of the molecule is ClC1[CH]NCO1. The van der Waals surface area contributed by atoms with Crippen molar-refractivity contribution in [2.45, 2.75) is 5.56 Å². The van der Waals surface area contributed by atoms with Crippen molar-refractivity contribution in [3.05, 3.63) is 6.54 Å².